The van der Waals surface area contributed by atoms with Crippen molar-refractivity contribution in [3.8, 4) is 0 Å². The van der Waals surface area contributed by atoms with Crippen molar-refractivity contribution >= 4 is 11.9 Å². The van der Waals surface area contributed by atoms with Crippen molar-refractivity contribution in [2.45, 2.75) is 74.6 Å². The van der Waals surface area contributed by atoms with Gasteiger partial charge in [0.15, 0.2) is 0 Å². The van der Waals surface area contributed by atoms with Gasteiger partial charge in [-0.1, -0.05) is 6.92 Å². The van der Waals surface area contributed by atoms with E-state index in [1.807, 2.05) is 0 Å². The average Bonchev–Trinajstić information content (AvgIpc) is 3.03. The third kappa shape index (κ3) is 4.98. The van der Waals surface area contributed by atoms with Gasteiger partial charge < -0.3 is 55.1 Å². The predicted molar refractivity (Wildman–Crippen MR) is 99.2 cm³/mol. The Balaban J connectivity index is 2.59. The monoisotopic (exact) mass is 486 g/mol. The van der Waals surface area contributed by atoms with Crippen LogP contribution in [0.25, 0.3) is 0 Å². The van der Waals surface area contributed by atoms with Crippen LogP contribution >= 0.6 is 0 Å². The molecule has 0 radical (unpaired) electrons. The number of ether oxygens (including phenoxy) is 3. The number of rotatable bonds is 8. The van der Waals surface area contributed by atoms with Crippen LogP contribution in [0.3, 0.4) is 0 Å². The smallest absolute Gasteiger partial charge is 0.364 e. The summed E-state index contributed by atoms with van der Waals surface area (Å²) in [5.74, 6) is -9.59. The highest BCUT2D eigenvalue weighted by Gasteiger charge is 2.67. The van der Waals surface area contributed by atoms with E-state index in [1.165, 1.54) is 6.92 Å². The molecule has 2 unspecified atom stereocenters. The van der Waals surface area contributed by atoms with Gasteiger partial charge in [-0.05, 0) is 6.42 Å². The van der Waals surface area contributed by atoms with Gasteiger partial charge in [0.05, 0.1) is 13.2 Å². The van der Waals surface area contributed by atoms with Crippen molar-refractivity contribution in [3.63, 3.8) is 0 Å². The number of aliphatic hydroxyl groups excluding tert-OH is 8. The van der Waals surface area contributed by atoms with E-state index in [1.54, 1.807) is 0 Å². The Kier molecular flexibility index (Phi) is 9.11. The van der Waals surface area contributed by atoms with Crippen LogP contribution in [0, 0.1) is 5.92 Å². The second-order valence-corrected chi connectivity index (χ2v) is 7.77. The van der Waals surface area contributed by atoms with Gasteiger partial charge in [0.25, 0.3) is 0 Å². The maximum atomic E-state index is 12.7. The molecule has 0 aromatic rings. The molecule has 2 saturated heterocycles. The highest BCUT2D eigenvalue weighted by molar-refractivity contribution is 5.75. The molecule has 10 atom stereocenters. The molecule has 8 N–H and O–H groups in total. The topological polar surface area (TPSA) is 242 Å². The summed E-state index contributed by atoms with van der Waals surface area (Å²) in [6, 6.07) is 0. The summed E-state index contributed by atoms with van der Waals surface area (Å²) < 4.78 is 16.5. The summed E-state index contributed by atoms with van der Waals surface area (Å²) in [5, 5.41) is 81.0. The van der Waals surface area contributed by atoms with E-state index in [0.29, 0.717) is 0 Å². The quantitative estimate of drug-likeness (QED) is 0.118. The maximum Gasteiger partial charge on any atom is 0.364 e. The first-order chi connectivity index (χ1) is 15.4. The molecule has 2 rings (SSSR count). The Morgan fingerprint density at radius 3 is 1.91 bits per heavy atom. The first-order valence-corrected chi connectivity index (χ1v) is 10.1. The molecule has 2 fully saturated rings. The van der Waals surface area contributed by atoms with Crippen LogP contribution in [-0.4, -0.2) is 127 Å². The summed E-state index contributed by atoms with van der Waals surface area (Å²) in [4.78, 5) is 32.4. The molecule has 2 heterocycles. The average molecular weight is 486 g/mol. The lowest BCUT2D eigenvalue weighted by atomic mass is 9.82. The molecule has 192 valence electrons. The van der Waals surface area contributed by atoms with Crippen LogP contribution in [0.2, 0.25) is 0 Å². The third-order valence-corrected chi connectivity index (χ3v) is 5.64. The highest BCUT2D eigenvalue weighted by Crippen LogP contribution is 2.45. The number of carbonyl (C=O) groups excluding carboxylic acids is 2. The van der Waals surface area contributed by atoms with Gasteiger partial charge in [0.1, 0.15) is 55.3 Å². The van der Waals surface area contributed by atoms with Crippen LogP contribution in [0.15, 0.2) is 0 Å². The maximum absolute atomic E-state index is 12.7. The van der Waals surface area contributed by atoms with Gasteiger partial charge in [0.2, 0.25) is 11.6 Å². The molecule has 15 nitrogen and oxygen atoms in total. The van der Waals surface area contributed by atoms with Gasteiger partial charge in [0, 0.05) is 6.92 Å². The van der Waals surface area contributed by atoms with Crippen molar-refractivity contribution < 1.29 is 74.4 Å². The van der Waals surface area contributed by atoms with Gasteiger partial charge >= 0.3 is 11.9 Å². The highest BCUT2D eigenvalue weighted by atomic mass is 17.2. The number of hydrogen-bond donors (Lipinski definition) is 8. The molecular weight excluding hydrogens is 456 g/mol. The zero-order chi connectivity index (χ0) is 25.1. The number of aliphatic hydroxyl groups is 8. The fourth-order valence-electron chi connectivity index (χ4n) is 3.91. The van der Waals surface area contributed by atoms with Crippen molar-refractivity contribution in [3.05, 3.63) is 0 Å². The van der Waals surface area contributed by atoms with E-state index in [-0.39, 0.29) is 6.42 Å². The summed E-state index contributed by atoms with van der Waals surface area (Å²) in [5.41, 5.74) is 0. The summed E-state index contributed by atoms with van der Waals surface area (Å²) in [6.45, 7) is -0.685. The van der Waals surface area contributed by atoms with Gasteiger partial charge in [-0.3, -0.25) is 0 Å². The molecule has 0 spiro atoms. The number of hydrogen-bond acceptors (Lipinski definition) is 15. The van der Waals surface area contributed by atoms with Crippen molar-refractivity contribution in [1.29, 1.82) is 0 Å². The Hall–Kier alpha value is -1.50. The predicted octanol–water partition coefficient (Wildman–Crippen LogP) is -4.98. The molecule has 0 amide bonds. The second-order valence-electron chi connectivity index (χ2n) is 7.77. The normalized spacial score (nSPS) is 42.1. The standard InChI is InChI=1S/C18H30O15/c1-3-8(16(28)32-31-7(2)22)18(15(27)13(25)11(23)9(4-19)30-18)33-17(6-21)14(26)12(24)10(5-20)29-17/h8-15,19-21,23-27H,3-6H2,1-2H3/t8?,9-,10-,11-,12-,13+,14+,15-,17?,18+/m1/s1. The minimum Gasteiger partial charge on any atom is -0.394 e. The van der Waals surface area contributed by atoms with Crippen LogP contribution in [0.1, 0.15) is 20.3 Å². The van der Waals surface area contributed by atoms with Crippen LogP contribution in [-0.2, 0) is 33.6 Å². The zero-order valence-electron chi connectivity index (χ0n) is 17.9. The van der Waals surface area contributed by atoms with Gasteiger partial charge in [-0.15, -0.1) is 0 Å². The molecule has 33 heavy (non-hydrogen) atoms. The van der Waals surface area contributed by atoms with Gasteiger partial charge in [-0.2, -0.15) is 0 Å². The third-order valence-electron chi connectivity index (χ3n) is 5.64. The fourth-order valence-corrected chi connectivity index (χ4v) is 3.91. The van der Waals surface area contributed by atoms with E-state index in [2.05, 4.69) is 9.78 Å². The summed E-state index contributed by atoms with van der Waals surface area (Å²) in [6.07, 6.45) is -13.5. The van der Waals surface area contributed by atoms with Crippen molar-refractivity contribution in [1.82, 2.24) is 0 Å². The van der Waals surface area contributed by atoms with E-state index in [9.17, 15) is 50.4 Å². The second kappa shape index (κ2) is 10.8. The lowest BCUT2D eigenvalue weighted by Gasteiger charge is -2.53. The molecule has 2 aliphatic heterocycles. The Labute approximate surface area is 187 Å². The van der Waals surface area contributed by atoms with E-state index >= 15 is 0 Å². The zero-order valence-corrected chi connectivity index (χ0v) is 17.9. The van der Waals surface area contributed by atoms with Crippen molar-refractivity contribution in [2.24, 2.45) is 5.92 Å². The Morgan fingerprint density at radius 2 is 1.45 bits per heavy atom. The molecule has 0 aromatic carbocycles. The van der Waals surface area contributed by atoms with E-state index in [4.69, 9.17) is 14.2 Å². The SMILES string of the molecule is CCC(C(=O)OOC(C)=O)[C@@]1(OC2(CO)O[C@H](CO)[C@@H](O)[C@@H]2O)O[C@H](CO)[C@@H](O)[C@H](O)[C@H]1O. The fraction of sp³-hybridized carbons (Fsp3) is 0.889. The summed E-state index contributed by atoms with van der Waals surface area (Å²) >= 11 is 0. The molecule has 0 bridgehead atoms. The molecule has 15 heteroatoms. The van der Waals surface area contributed by atoms with Crippen molar-refractivity contribution in [2.75, 3.05) is 19.8 Å². The Morgan fingerprint density at radius 1 is 0.879 bits per heavy atom. The number of carbonyl (C=O) groups is 2. The minimum atomic E-state index is -2.80. The Bertz CT molecular complexity index is 688. The lowest BCUT2D eigenvalue weighted by Crippen LogP contribution is -2.72. The van der Waals surface area contributed by atoms with Gasteiger partial charge in [-0.25, -0.2) is 19.4 Å². The minimum absolute atomic E-state index is 0.304. The van der Waals surface area contributed by atoms with Crippen LogP contribution in [0.4, 0.5) is 0 Å². The molecule has 2 aliphatic rings. The molecule has 0 aliphatic carbocycles. The van der Waals surface area contributed by atoms with E-state index < -0.39 is 92.0 Å². The molecular formula is C18H30O15. The summed E-state index contributed by atoms with van der Waals surface area (Å²) in [7, 11) is 0. The first kappa shape index (κ1) is 27.7. The first-order valence-electron chi connectivity index (χ1n) is 10.1. The van der Waals surface area contributed by atoms with E-state index in [0.717, 1.165) is 6.92 Å². The largest absolute Gasteiger partial charge is 0.394 e. The van der Waals surface area contributed by atoms with Crippen LogP contribution in [0.5, 0.6) is 0 Å². The van der Waals surface area contributed by atoms with Crippen LogP contribution < -0.4 is 0 Å². The lowest BCUT2D eigenvalue weighted by molar-refractivity contribution is -0.446. The molecule has 0 saturated carbocycles. The molecule has 0 aromatic heterocycles.